The third-order valence-electron chi connectivity index (χ3n) is 2.37. The molecule has 0 unspecified atom stereocenters. The first kappa shape index (κ1) is 12.7. The normalized spacial score (nSPS) is 11.6. The van der Waals surface area contributed by atoms with Crippen LogP contribution in [0.2, 0.25) is 5.15 Å². The maximum atomic E-state index is 12.6. The van der Waals surface area contributed by atoms with Gasteiger partial charge in [-0.3, -0.25) is 4.79 Å². The van der Waals surface area contributed by atoms with Gasteiger partial charge in [0.2, 0.25) is 5.56 Å². The Balaban J connectivity index is 2.55. The topological polar surface area (TPSA) is 32.9 Å². The van der Waals surface area contributed by atoms with E-state index in [1.54, 1.807) is 0 Å². The van der Waals surface area contributed by atoms with Crippen LogP contribution in [-0.4, -0.2) is 4.98 Å². The quantitative estimate of drug-likeness (QED) is 0.789. The molecule has 2 nitrogen and oxygen atoms in total. The van der Waals surface area contributed by atoms with Gasteiger partial charge in [-0.25, -0.2) is 0 Å². The number of rotatable bonds is 1. The van der Waals surface area contributed by atoms with Gasteiger partial charge in [-0.15, -0.1) is 0 Å². The lowest BCUT2D eigenvalue weighted by molar-refractivity contribution is -0.137. The Kier molecular flexibility index (Phi) is 3.17. The molecule has 0 aliphatic heterocycles. The van der Waals surface area contributed by atoms with Gasteiger partial charge in [-0.2, -0.15) is 13.2 Å². The Labute approximate surface area is 105 Å². The predicted octanol–water partition coefficient (Wildman–Crippen LogP) is 3.71. The summed E-state index contributed by atoms with van der Waals surface area (Å²) in [4.78, 5) is 13.3. The van der Waals surface area contributed by atoms with Crippen LogP contribution < -0.4 is 5.56 Å². The number of aromatic nitrogens is 1. The summed E-state index contributed by atoms with van der Waals surface area (Å²) in [7, 11) is 0. The fourth-order valence-electron chi connectivity index (χ4n) is 1.54. The number of aromatic amines is 1. The Morgan fingerprint density at radius 1 is 1.11 bits per heavy atom. The van der Waals surface area contributed by atoms with E-state index in [0.29, 0.717) is 11.1 Å². The fourth-order valence-corrected chi connectivity index (χ4v) is 1.80. The third-order valence-corrected chi connectivity index (χ3v) is 2.67. The van der Waals surface area contributed by atoms with Gasteiger partial charge in [0.25, 0.3) is 0 Å². The molecule has 0 bridgehead atoms. The van der Waals surface area contributed by atoms with Crippen molar-refractivity contribution in [2.75, 3.05) is 0 Å². The first-order valence-corrected chi connectivity index (χ1v) is 5.32. The molecular weight excluding hydrogens is 267 g/mol. The first-order chi connectivity index (χ1) is 8.38. The summed E-state index contributed by atoms with van der Waals surface area (Å²) in [6.45, 7) is 0. The maximum Gasteiger partial charge on any atom is 0.416 e. The summed E-state index contributed by atoms with van der Waals surface area (Å²) in [5, 5.41) is 0.0156. The van der Waals surface area contributed by atoms with Crippen molar-refractivity contribution in [2.45, 2.75) is 6.18 Å². The largest absolute Gasteiger partial charge is 0.416 e. The van der Waals surface area contributed by atoms with E-state index in [4.69, 9.17) is 11.6 Å². The van der Waals surface area contributed by atoms with E-state index in [9.17, 15) is 18.0 Å². The van der Waals surface area contributed by atoms with Crippen LogP contribution in [-0.2, 0) is 6.18 Å². The predicted molar refractivity (Wildman–Crippen MR) is 62.5 cm³/mol. The Morgan fingerprint density at radius 3 is 2.44 bits per heavy atom. The minimum atomic E-state index is -4.41. The second kappa shape index (κ2) is 4.49. The number of halogens is 4. The molecule has 94 valence electrons. The number of H-pyrrole nitrogens is 1. The minimum Gasteiger partial charge on any atom is -0.312 e. The van der Waals surface area contributed by atoms with Gasteiger partial charge in [0.1, 0.15) is 5.15 Å². The van der Waals surface area contributed by atoms with Crippen molar-refractivity contribution in [3.8, 4) is 11.1 Å². The highest BCUT2D eigenvalue weighted by molar-refractivity contribution is 6.32. The number of benzene rings is 1. The van der Waals surface area contributed by atoms with Crippen molar-refractivity contribution in [1.29, 1.82) is 0 Å². The third kappa shape index (κ3) is 2.56. The van der Waals surface area contributed by atoms with Gasteiger partial charge in [0, 0.05) is 11.6 Å². The van der Waals surface area contributed by atoms with E-state index in [0.717, 1.165) is 12.1 Å². The van der Waals surface area contributed by atoms with E-state index in [2.05, 4.69) is 4.98 Å². The summed E-state index contributed by atoms with van der Waals surface area (Å²) in [6, 6.07) is 7.34. The van der Waals surface area contributed by atoms with Gasteiger partial charge >= 0.3 is 6.18 Å². The number of alkyl halides is 3. The lowest BCUT2D eigenvalue weighted by Gasteiger charge is -2.09. The van der Waals surface area contributed by atoms with Gasteiger partial charge in [-0.05, 0) is 23.8 Å². The van der Waals surface area contributed by atoms with Crippen LogP contribution in [0.4, 0.5) is 13.2 Å². The van der Waals surface area contributed by atoms with Crippen LogP contribution in [0.5, 0.6) is 0 Å². The van der Waals surface area contributed by atoms with Crippen molar-refractivity contribution in [3.05, 3.63) is 57.5 Å². The molecule has 18 heavy (non-hydrogen) atoms. The van der Waals surface area contributed by atoms with E-state index in [1.165, 1.54) is 24.3 Å². The zero-order valence-electron chi connectivity index (χ0n) is 8.88. The molecule has 0 atom stereocenters. The first-order valence-electron chi connectivity index (χ1n) is 4.94. The molecule has 2 rings (SSSR count). The van der Waals surface area contributed by atoms with Crippen LogP contribution in [0, 0.1) is 0 Å². The molecule has 0 saturated heterocycles. The summed E-state index contributed by atoms with van der Waals surface area (Å²) in [5.41, 5.74) is -0.522. The molecule has 2 aromatic rings. The number of pyridine rings is 1. The van der Waals surface area contributed by atoms with Crippen LogP contribution >= 0.6 is 11.6 Å². The highest BCUT2D eigenvalue weighted by atomic mass is 35.5. The van der Waals surface area contributed by atoms with Crippen molar-refractivity contribution in [1.82, 2.24) is 4.98 Å². The molecule has 6 heteroatoms. The lowest BCUT2D eigenvalue weighted by atomic mass is 10.0. The molecule has 1 aromatic carbocycles. The monoisotopic (exact) mass is 273 g/mol. The van der Waals surface area contributed by atoms with E-state index in [1.807, 2.05) is 0 Å². The van der Waals surface area contributed by atoms with E-state index < -0.39 is 17.3 Å². The fraction of sp³-hybridized carbons (Fsp3) is 0.0833. The van der Waals surface area contributed by atoms with Crippen LogP contribution in [0.15, 0.2) is 41.2 Å². The molecule has 1 N–H and O–H groups in total. The smallest absolute Gasteiger partial charge is 0.312 e. The van der Waals surface area contributed by atoms with E-state index in [-0.39, 0.29) is 5.15 Å². The van der Waals surface area contributed by atoms with Gasteiger partial charge in [0.05, 0.1) is 5.56 Å². The second-order valence-corrected chi connectivity index (χ2v) is 4.01. The molecule has 1 aromatic heterocycles. The minimum absolute atomic E-state index is 0.0156. The van der Waals surface area contributed by atoms with E-state index >= 15 is 0 Å². The highest BCUT2D eigenvalue weighted by Gasteiger charge is 2.30. The van der Waals surface area contributed by atoms with Crippen LogP contribution in [0.25, 0.3) is 11.1 Å². The zero-order chi connectivity index (χ0) is 13.3. The van der Waals surface area contributed by atoms with Crippen molar-refractivity contribution < 1.29 is 13.2 Å². The maximum absolute atomic E-state index is 12.6. The van der Waals surface area contributed by atoms with Gasteiger partial charge in [0.15, 0.2) is 0 Å². The molecule has 0 spiro atoms. The second-order valence-electron chi connectivity index (χ2n) is 3.63. The number of hydrogen-bond acceptors (Lipinski definition) is 1. The van der Waals surface area contributed by atoms with Gasteiger partial charge < -0.3 is 4.98 Å². The Hall–Kier alpha value is -1.75. The number of nitrogens with one attached hydrogen (secondary N) is 1. The molecule has 0 amide bonds. The summed E-state index contributed by atoms with van der Waals surface area (Å²) < 4.78 is 37.7. The number of hydrogen-bond donors (Lipinski definition) is 1. The highest BCUT2D eigenvalue weighted by Crippen LogP contribution is 2.33. The van der Waals surface area contributed by atoms with Crippen molar-refractivity contribution >= 4 is 11.6 Å². The summed E-state index contributed by atoms with van der Waals surface area (Å²) >= 11 is 5.79. The van der Waals surface area contributed by atoms with Crippen LogP contribution in [0.3, 0.4) is 0 Å². The SMILES string of the molecule is O=c1ccc(-c2cccc(C(F)(F)F)c2)c(Cl)[nH]1. The standard InChI is InChI=1S/C12H7ClF3NO/c13-11-9(4-5-10(18)17-11)7-2-1-3-8(6-7)12(14,15)16/h1-6H,(H,17,18). The molecule has 0 saturated carbocycles. The Morgan fingerprint density at radius 2 is 1.83 bits per heavy atom. The summed E-state index contributed by atoms with van der Waals surface area (Å²) in [5.74, 6) is 0. The molecule has 0 aliphatic rings. The molecule has 0 fully saturated rings. The average molecular weight is 274 g/mol. The molecular formula is C12H7ClF3NO. The molecule has 0 radical (unpaired) electrons. The van der Waals surface area contributed by atoms with Gasteiger partial charge in [-0.1, -0.05) is 23.7 Å². The Bertz CT molecular complexity index is 634. The molecule has 0 aliphatic carbocycles. The van der Waals surface area contributed by atoms with Crippen LogP contribution in [0.1, 0.15) is 5.56 Å². The molecule has 1 heterocycles. The zero-order valence-corrected chi connectivity index (χ0v) is 9.64. The lowest BCUT2D eigenvalue weighted by Crippen LogP contribution is -2.06. The summed E-state index contributed by atoms with van der Waals surface area (Å²) in [6.07, 6.45) is -4.41. The van der Waals surface area contributed by atoms with Crippen molar-refractivity contribution in [2.24, 2.45) is 0 Å². The van der Waals surface area contributed by atoms with Crippen molar-refractivity contribution in [3.63, 3.8) is 0 Å². The average Bonchev–Trinajstić information content (AvgIpc) is 2.28.